The van der Waals surface area contributed by atoms with E-state index >= 15 is 0 Å². The third kappa shape index (κ3) is 2.38. The Morgan fingerprint density at radius 1 is 0.960 bits per heavy atom. The average molecular weight is 342 g/mol. The van der Waals surface area contributed by atoms with Crippen LogP contribution in [0.4, 0.5) is 0 Å². The summed E-state index contributed by atoms with van der Waals surface area (Å²) in [5, 5.41) is 29.8. The van der Waals surface area contributed by atoms with Gasteiger partial charge in [0.2, 0.25) is 0 Å². The van der Waals surface area contributed by atoms with Crippen LogP contribution < -0.4 is 10.2 Å². The minimum Gasteiger partial charge on any atom is -0.507 e. The maximum absolute atomic E-state index is 12.9. The second-order valence-electron chi connectivity index (χ2n) is 5.92. The summed E-state index contributed by atoms with van der Waals surface area (Å²) in [4.78, 5) is 12.9. The molecule has 1 aromatic heterocycles. The fraction of sp³-hybridized carbons (Fsp3) is 0.211. The quantitative estimate of drug-likeness (QED) is 0.616. The highest BCUT2D eigenvalue weighted by molar-refractivity contribution is 5.92. The van der Waals surface area contributed by atoms with E-state index in [2.05, 4.69) is 0 Å². The van der Waals surface area contributed by atoms with Crippen LogP contribution >= 0.6 is 0 Å². The Morgan fingerprint density at radius 3 is 2.24 bits per heavy atom. The van der Waals surface area contributed by atoms with Crippen molar-refractivity contribution in [3.8, 4) is 34.3 Å². The number of benzene rings is 2. The van der Waals surface area contributed by atoms with Gasteiger partial charge in [-0.1, -0.05) is 0 Å². The van der Waals surface area contributed by atoms with Crippen molar-refractivity contribution in [1.29, 1.82) is 0 Å². The van der Waals surface area contributed by atoms with Gasteiger partial charge in [0.1, 0.15) is 28.2 Å². The number of fused-ring (bicyclic) bond motifs is 1. The molecule has 0 aliphatic heterocycles. The van der Waals surface area contributed by atoms with Crippen LogP contribution in [0.5, 0.6) is 23.0 Å². The van der Waals surface area contributed by atoms with Crippen LogP contribution in [-0.2, 0) is 0 Å². The van der Waals surface area contributed by atoms with Gasteiger partial charge in [-0.15, -0.1) is 0 Å². The molecule has 0 saturated carbocycles. The molecule has 0 amide bonds. The van der Waals surface area contributed by atoms with Crippen LogP contribution in [0.15, 0.2) is 27.4 Å². The van der Waals surface area contributed by atoms with Crippen molar-refractivity contribution >= 4 is 11.0 Å². The maximum atomic E-state index is 12.9. The van der Waals surface area contributed by atoms with Gasteiger partial charge in [0.15, 0.2) is 16.9 Å². The number of hydrogen-bond donors (Lipinski definition) is 3. The lowest BCUT2D eigenvalue weighted by Gasteiger charge is -2.15. The zero-order valence-corrected chi connectivity index (χ0v) is 14.3. The molecule has 25 heavy (non-hydrogen) atoms. The fourth-order valence-corrected chi connectivity index (χ4v) is 2.97. The maximum Gasteiger partial charge on any atom is 0.200 e. The van der Waals surface area contributed by atoms with Gasteiger partial charge in [0.05, 0.1) is 7.11 Å². The molecule has 3 N–H and O–H groups in total. The van der Waals surface area contributed by atoms with Gasteiger partial charge in [-0.25, -0.2) is 0 Å². The van der Waals surface area contributed by atoms with Crippen molar-refractivity contribution in [2.75, 3.05) is 7.11 Å². The second-order valence-corrected chi connectivity index (χ2v) is 5.92. The Labute approximate surface area is 143 Å². The van der Waals surface area contributed by atoms with Gasteiger partial charge in [-0.2, -0.15) is 0 Å². The van der Waals surface area contributed by atoms with Crippen LogP contribution in [0, 0.1) is 20.8 Å². The number of hydrogen-bond acceptors (Lipinski definition) is 6. The van der Waals surface area contributed by atoms with Crippen molar-refractivity contribution in [3.63, 3.8) is 0 Å². The molecule has 0 unspecified atom stereocenters. The number of rotatable bonds is 2. The molecule has 0 bridgehead atoms. The van der Waals surface area contributed by atoms with Crippen LogP contribution in [0.3, 0.4) is 0 Å². The Balaban J connectivity index is 2.47. The number of ether oxygens (including phenoxy) is 1. The Morgan fingerprint density at radius 2 is 1.64 bits per heavy atom. The molecule has 0 aliphatic rings. The SMILES string of the molecule is COc1c(C)c(O)c(C)c2oc(-c3ccc(O)c(O)c3)c(C)c(=O)c12. The smallest absolute Gasteiger partial charge is 0.200 e. The molecule has 130 valence electrons. The van der Waals surface area contributed by atoms with Gasteiger partial charge in [0, 0.05) is 22.3 Å². The van der Waals surface area contributed by atoms with Crippen molar-refractivity contribution in [2.45, 2.75) is 20.8 Å². The number of methoxy groups -OCH3 is 1. The van der Waals surface area contributed by atoms with Crippen molar-refractivity contribution < 1.29 is 24.5 Å². The molecule has 6 nitrogen and oxygen atoms in total. The molecule has 6 heteroatoms. The topological polar surface area (TPSA) is 100 Å². The molecule has 0 saturated heterocycles. The molecule has 2 aromatic carbocycles. The minimum absolute atomic E-state index is 0.00384. The van der Waals surface area contributed by atoms with E-state index in [4.69, 9.17) is 9.15 Å². The van der Waals surface area contributed by atoms with E-state index in [9.17, 15) is 20.1 Å². The summed E-state index contributed by atoms with van der Waals surface area (Å²) in [6.07, 6.45) is 0. The lowest BCUT2D eigenvalue weighted by atomic mass is 10.0. The average Bonchev–Trinajstić information content (AvgIpc) is 2.59. The normalized spacial score (nSPS) is 11.0. The lowest BCUT2D eigenvalue weighted by molar-refractivity contribution is 0.403. The van der Waals surface area contributed by atoms with Gasteiger partial charge in [-0.05, 0) is 39.0 Å². The molecule has 1 heterocycles. The first-order valence-electron chi connectivity index (χ1n) is 7.63. The second kappa shape index (κ2) is 5.73. The molecule has 0 aliphatic carbocycles. The molecular weight excluding hydrogens is 324 g/mol. The number of phenolic OH excluding ortho intramolecular Hbond substituents is 3. The Hall–Kier alpha value is -3.15. The van der Waals surface area contributed by atoms with E-state index in [1.165, 1.54) is 25.3 Å². The van der Waals surface area contributed by atoms with Crippen LogP contribution in [0.2, 0.25) is 0 Å². The molecule has 3 rings (SSSR count). The Bertz CT molecular complexity index is 1060. The monoisotopic (exact) mass is 342 g/mol. The predicted octanol–water partition coefficient (Wildman–Crippen LogP) is 3.51. The number of phenols is 3. The van der Waals surface area contributed by atoms with Crippen LogP contribution in [0.1, 0.15) is 16.7 Å². The summed E-state index contributed by atoms with van der Waals surface area (Å²) < 4.78 is 11.2. The van der Waals surface area contributed by atoms with Gasteiger partial charge in [-0.3, -0.25) is 4.79 Å². The molecular formula is C19H18O6. The summed E-state index contributed by atoms with van der Waals surface area (Å²) in [7, 11) is 1.43. The zero-order chi connectivity index (χ0) is 18.5. The molecule has 0 fully saturated rings. The van der Waals surface area contributed by atoms with E-state index in [1.54, 1.807) is 20.8 Å². The first kappa shape index (κ1) is 16.7. The number of aryl methyl sites for hydroxylation is 1. The van der Waals surface area contributed by atoms with E-state index in [-0.39, 0.29) is 45.2 Å². The first-order chi connectivity index (χ1) is 11.8. The highest BCUT2D eigenvalue weighted by atomic mass is 16.5. The minimum atomic E-state index is -0.319. The summed E-state index contributed by atoms with van der Waals surface area (Å²) in [5.41, 5.74) is 1.60. The van der Waals surface area contributed by atoms with E-state index in [0.29, 0.717) is 22.3 Å². The highest BCUT2D eigenvalue weighted by Crippen LogP contribution is 2.40. The molecule has 0 spiro atoms. The predicted molar refractivity (Wildman–Crippen MR) is 93.7 cm³/mol. The van der Waals surface area contributed by atoms with E-state index < -0.39 is 0 Å². The van der Waals surface area contributed by atoms with Crippen LogP contribution in [0.25, 0.3) is 22.3 Å². The first-order valence-corrected chi connectivity index (χ1v) is 7.63. The summed E-state index contributed by atoms with van der Waals surface area (Å²) in [5.74, 6) is -0.0662. The van der Waals surface area contributed by atoms with Gasteiger partial charge < -0.3 is 24.5 Å². The molecule has 3 aromatic rings. The van der Waals surface area contributed by atoms with Gasteiger partial charge >= 0.3 is 0 Å². The molecule has 0 atom stereocenters. The van der Waals surface area contributed by atoms with Crippen LogP contribution in [-0.4, -0.2) is 22.4 Å². The van der Waals surface area contributed by atoms with Crippen molar-refractivity contribution in [1.82, 2.24) is 0 Å². The summed E-state index contributed by atoms with van der Waals surface area (Å²) in [6.45, 7) is 4.93. The lowest BCUT2D eigenvalue weighted by Crippen LogP contribution is -2.10. The largest absolute Gasteiger partial charge is 0.507 e. The van der Waals surface area contributed by atoms with Crippen molar-refractivity contribution in [3.05, 3.63) is 45.1 Å². The Kier molecular flexibility index (Phi) is 3.83. The number of aromatic hydroxyl groups is 3. The van der Waals surface area contributed by atoms with E-state index in [0.717, 1.165) is 0 Å². The standard InChI is InChI=1S/C19H18O6/c1-8-15(22)9(2)19-14(18(8)24-4)16(23)10(3)17(25-19)11-5-6-12(20)13(21)7-11/h5-7,20-22H,1-4H3. The summed E-state index contributed by atoms with van der Waals surface area (Å²) in [6, 6.07) is 4.16. The highest BCUT2D eigenvalue weighted by Gasteiger charge is 2.22. The van der Waals surface area contributed by atoms with E-state index in [1.807, 2.05) is 0 Å². The zero-order valence-electron chi connectivity index (χ0n) is 14.3. The summed E-state index contributed by atoms with van der Waals surface area (Å²) >= 11 is 0. The third-order valence-corrected chi connectivity index (χ3v) is 4.40. The van der Waals surface area contributed by atoms with Gasteiger partial charge in [0.25, 0.3) is 0 Å². The fourth-order valence-electron chi connectivity index (χ4n) is 2.97. The van der Waals surface area contributed by atoms with Crippen molar-refractivity contribution in [2.24, 2.45) is 0 Å². The molecule has 0 radical (unpaired) electrons. The third-order valence-electron chi connectivity index (χ3n) is 4.40.